The van der Waals surface area contributed by atoms with Crippen LogP contribution in [0.3, 0.4) is 0 Å². The van der Waals surface area contributed by atoms with Crippen LogP contribution in [0.5, 0.6) is 0 Å². The fourth-order valence-electron chi connectivity index (χ4n) is 2.42. The number of halogens is 4. The molecule has 0 radical (unpaired) electrons. The largest absolute Gasteiger partial charge is 4.00 e. The fourth-order valence-corrected chi connectivity index (χ4v) is 2.67. The van der Waals surface area contributed by atoms with E-state index in [1.807, 2.05) is 72.8 Å². The maximum atomic E-state index is 5.77. The summed E-state index contributed by atoms with van der Waals surface area (Å²) in [6.07, 6.45) is 0. The number of benzene rings is 2. The van der Waals surface area contributed by atoms with Crippen LogP contribution in [0.2, 0.25) is 10.0 Å². The summed E-state index contributed by atoms with van der Waals surface area (Å²) in [6.45, 7) is 0. The second-order valence-electron chi connectivity index (χ2n) is 5.36. The first-order chi connectivity index (χ1) is 11.7. The van der Waals surface area contributed by atoms with Crippen LogP contribution in [0.25, 0.3) is 22.3 Å². The Hall–Kier alpha value is -0.817. The Balaban J connectivity index is 0.000000451. The van der Waals surface area contributed by atoms with Gasteiger partial charge in [0.05, 0.1) is 0 Å². The maximum absolute atomic E-state index is 5.77. The molecule has 0 heterocycles. The SMILES string of the molecule is Clc1ccc(-[c-]2cccc2)cc1.Clc1ccc(-[c-]2cccc2)cc1.[Cl-].[Cl-].[Zr+4]. The van der Waals surface area contributed by atoms with Gasteiger partial charge in [-0.2, -0.15) is 24.3 Å². The Morgan fingerprint density at radius 1 is 0.481 bits per heavy atom. The Morgan fingerprint density at radius 3 is 1.00 bits per heavy atom. The number of hydrogen-bond donors (Lipinski definition) is 0. The Labute approximate surface area is 202 Å². The molecule has 0 aliphatic rings. The van der Waals surface area contributed by atoms with Crippen LogP contribution in [0, 0.1) is 0 Å². The average molecular weight is 513 g/mol. The van der Waals surface area contributed by atoms with Gasteiger partial charge in [-0.1, -0.05) is 58.6 Å². The topological polar surface area (TPSA) is 0 Å². The smallest absolute Gasteiger partial charge is 1.00 e. The summed E-state index contributed by atoms with van der Waals surface area (Å²) in [5.41, 5.74) is 4.91. The molecule has 0 spiro atoms. The molecule has 5 heteroatoms. The zero-order chi connectivity index (χ0) is 16.8. The van der Waals surface area contributed by atoms with E-state index in [2.05, 4.69) is 24.3 Å². The molecule has 0 aliphatic heterocycles. The molecule has 0 N–H and O–H groups in total. The third-order valence-electron chi connectivity index (χ3n) is 3.68. The van der Waals surface area contributed by atoms with Crippen molar-refractivity contribution in [1.29, 1.82) is 0 Å². The fraction of sp³-hybridized carbons (Fsp3) is 0. The normalized spacial score (nSPS) is 8.96. The van der Waals surface area contributed by atoms with Crippen molar-refractivity contribution in [3.05, 3.63) is 107 Å². The summed E-state index contributed by atoms with van der Waals surface area (Å²) in [4.78, 5) is 0. The van der Waals surface area contributed by atoms with Crippen LogP contribution in [0.1, 0.15) is 0 Å². The minimum absolute atomic E-state index is 0. The van der Waals surface area contributed by atoms with E-state index in [1.54, 1.807) is 0 Å². The third-order valence-corrected chi connectivity index (χ3v) is 4.18. The first kappa shape index (κ1) is 26.2. The molecule has 4 aromatic carbocycles. The monoisotopic (exact) mass is 510 g/mol. The molecule has 4 aromatic rings. The molecule has 27 heavy (non-hydrogen) atoms. The average Bonchev–Trinajstić information content (AvgIpc) is 3.31. The van der Waals surface area contributed by atoms with E-state index in [0.717, 1.165) is 10.0 Å². The first-order valence-corrected chi connectivity index (χ1v) is 8.43. The molecule has 0 aliphatic carbocycles. The summed E-state index contributed by atoms with van der Waals surface area (Å²) in [5.74, 6) is 0. The van der Waals surface area contributed by atoms with Gasteiger partial charge in [-0.3, -0.25) is 0 Å². The second-order valence-corrected chi connectivity index (χ2v) is 6.23. The molecule has 0 nitrogen and oxygen atoms in total. The molecule has 4 rings (SSSR count). The molecule has 0 bridgehead atoms. The molecule has 0 aromatic heterocycles. The molecule has 0 amide bonds. The van der Waals surface area contributed by atoms with Gasteiger partial charge in [0.15, 0.2) is 0 Å². The minimum atomic E-state index is 0. The van der Waals surface area contributed by atoms with Gasteiger partial charge in [0.2, 0.25) is 0 Å². The van der Waals surface area contributed by atoms with Crippen molar-refractivity contribution >= 4 is 23.2 Å². The molecule has 0 unspecified atom stereocenters. The van der Waals surface area contributed by atoms with Crippen LogP contribution in [-0.4, -0.2) is 0 Å². The molecule has 0 saturated heterocycles. The molecule has 0 saturated carbocycles. The van der Waals surface area contributed by atoms with E-state index >= 15 is 0 Å². The van der Waals surface area contributed by atoms with Gasteiger partial charge in [0.25, 0.3) is 0 Å². The van der Waals surface area contributed by atoms with Gasteiger partial charge in [0, 0.05) is 10.0 Å². The standard InChI is InChI=1S/2C11H8Cl.2ClH.Zr/c2*12-11-7-5-10(6-8-11)9-3-1-2-4-9;;;/h2*1-8H;2*1H;/q2*-1;;;+4/p-2. The van der Waals surface area contributed by atoms with E-state index in [1.165, 1.54) is 22.3 Å². The van der Waals surface area contributed by atoms with Crippen molar-refractivity contribution in [3.63, 3.8) is 0 Å². The zero-order valence-corrected chi connectivity index (χ0v) is 19.7. The van der Waals surface area contributed by atoms with Crippen LogP contribution in [-0.2, 0) is 26.2 Å². The summed E-state index contributed by atoms with van der Waals surface area (Å²) >= 11 is 11.5. The van der Waals surface area contributed by atoms with Crippen LogP contribution in [0.15, 0.2) is 97.1 Å². The van der Waals surface area contributed by atoms with Gasteiger partial charge >= 0.3 is 26.2 Å². The summed E-state index contributed by atoms with van der Waals surface area (Å²) in [7, 11) is 0. The van der Waals surface area contributed by atoms with Crippen molar-refractivity contribution in [3.8, 4) is 22.3 Å². The summed E-state index contributed by atoms with van der Waals surface area (Å²) in [6, 6.07) is 32.2. The van der Waals surface area contributed by atoms with E-state index < -0.39 is 0 Å². The maximum Gasteiger partial charge on any atom is 4.00 e. The predicted molar refractivity (Wildman–Crippen MR) is 105 cm³/mol. The van der Waals surface area contributed by atoms with Gasteiger partial charge < -0.3 is 24.8 Å². The molecule has 0 fully saturated rings. The molecular weight excluding hydrogens is 497 g/mol. The van der Waals surface area contributed by atoms with Crippen molar-refractivity contribution in [2.45, 2.75) is 0 Å². The van der Waals surface area contributed by atoms with E-state index in [4.69, 9.17) is 23.2 Å². The van der Waals surface area contributed by atoms with Crippen LogP contribution < -0.4 is 24.8 Å². The van der Waals surface area contributed by atoms with Crippen molar-refractivity contribution in [1.82, 2.24) is 0 Å². The molecular formula is C22H16Cl4Zr. The minimum Gasteiger partial charge on any atom is -1.00 e. The molecule has 0 atom stereocenters. The Kier molecular flexibility index (Phi) is 13.0. The second kappa shape index (κ2) is 13.4. The zero-order valence-electron chi connectivity index (χ0n) is 14.2. The molecule has 136 valence electrons. The van der Waals surface area contributed by atoms with E-state index in [-0.39, 0.29) is 51.0 Å². The van der Waals surface area contributed by atoms with Crippen molar-refractivity contribution < 1.29 is 51.0 Å². The Morgan fingerprint density at radius 2 is 0.741 bits per heavy atom. The van der Waals surface area contributed by atoms with E-state index in [0.29, 0.717) is 0 Å². The number of rotatable bonds is 2. The van der Waals surface area contributed by atoms with Crippen LogP contribution in [0.4, 0.5) is 0 Å². The first-order valence-electron chi connectivity index (χ1n) is 7.68. The number of hydrogen-bond acceptors (Lipinski definition) is 0. The van der Waals surface area contributed by atoms with Crippen LogP contribution >= 0.6 is 23.2 Å². The van der Waals surface area contributed by atoms with Gasteiger partial charge in [-0.05, 0) is 0 Å². The van der Waals surface area contributed by atoms with E-state index in [9.17, 15) is 0 Å². The van der Waals surface area contributed by atoms with Crippen molar-refractivity contribution in [2.24, 2.45) is 0 Å². The predicted octanol–water partition coefficient (Wildman–Crippen LogP) is 1.46. The Bertz CT molecular complexity index is 774. The summed E-state index contributed by atoms with van der Waals surface area (Å²) < 4.78 is 0. The van der Waals surface area contributed by atoms with Crippen molar-refractivity contribution in [2.75, 3.05) is 0 Å². The third kappa shape index (κ3) is 7.98. The van der Waals surface area contributed by atoms with Gasteiger partial charge in [-0.15, -0.1) is 59.7 Å². The van der Waals surface area contributed by atoms with Gasteiger partial charge in [0.1, 0.15) is 0 Å². The van der Waals surface area contributed by atoms with Gasteiger partial charge in [-0.25, -0.2) is 0 Å². The quantitative estimate of drug-likeness (QED) is 0.357. The summed E-state index contributed by atoms with van der Waals surface area (Å²) in [5, 5.41) is 1.57.